The fourth-order valence-electron chi connectivity index (χ4n) is 1.87. The number of benzene rings is 1. The van der Waals surface area contributed by atoms with Crippen molar-refractivity contribution in [3.05, 3.63) is 41.5 Å². The number of nitrogens with zero attached hydrogens (tertiary/aromatic N) is 2. The van der Waals surface area contributed by atoms with Gasteiger partial charge in [0, 0.05) is 18.8 Å². The Morgan fingerprint density at radius 1 is 1.37 bits per heavy atom. The van der Waals surface area contributed by atoms with Crippen LogP contribution in [0.15, 0.2) is 24.3 Å². The standard InChI is InChI=1S/C14H18FN3O/c1-4-10-7-12(18(2)17-10)9-16-11-5-6-13(15)14(8-11)19-3/h5-8,16H,4,9H2,1-3H3. The van der Waals surface area contributed by atoms with Crippen molar-refractivity contribution in [3.63, 3.8) is 0 Å². The molecule has 0 unspecified atom stereocenters. The molecule has 1 aromatic heterocycles. The highest BCUT2D eigenvalue weighted by Gasteiger charge is 2.06. The molecule has 0 amide bonds. The first-order valence-corrected chi connectivity index (χ1v) is 6.23. The number of aromatic nitrogens is 2. The summed E-state index contributed by atoms with van der Waals surface area (Å²) >= 11 is 0. The lowest BCUT2D eigenvalue weighted by Gasteiger charge is -2.08. The van der Waals surface area contributed by atoms with E-state index in [1.807, 2.05) is 11.7 Å². The van der Waals surface area contributed by atoms with Crippen LogP contribution >= 0.6 is 0 Å². The fraction of sp³-hybridized carbons (Fsp3) is 0.357. The molecule has 0 atom stereocenters. The minimum atomic E-state index is -0.359. The van der Waals surface area contributed by atoms with E-state index in [9.17, 15) is 4.39 Å². The maximum Gasteiger partial charge on any atom is 0.165 e. The van der Waals surface area contributed by atoms with Gasteiger partial charge in [-0.3, -0.25) is 4.68 Å². The molecule has 1 N–H and O–H groups in total. The third-order valence-corrected chi connectivity index (χ3v) is 3.01. The Labute approximate surface area is 112 Å². The molecule has 1 aromatic carbocycles. The number of hydrogen-bond acceptors (Lipinski definition) is 3. The second-order valence-corrected chi connectivity index (χ2v) is 4.31. The molecule has 0 aliphatic carbocycles. The molecule has 0 saturated carbocycles. The monoisotopic (exact) mass is 263 g/mol. The van der Waals surface area contributed by atoms with E-state index in [2.05, 4.69) is 23.4 Å². The van der Waals surface area contributed by atoms with Crippen LogP contribution in [0.5, 0.6) is 5.75 Å². The van der Waals surface area contributed by atoms with Gasteiger partial charge in [-0.25, -0.2) is 4.39 Å². The molecule has 0 spiro atoms. The highest BCUT2D eigenvalue weighted by molar-refractivity contribution is 5.49. The lowest BCUT2D eigenvalue weighted by Crippen LogP contribution is -2.05. The van der Waals surface area contributed by atoms with Crippen LogP contribution < -0.4 is 10.1 Å². The number of nitrogens with one attached hydrogen (secondary N) is 1. The van der Waals surface area contributed by atoms with Gasteiger partial charge in [-0.1, -0.05) is 6.92 Å². The quantitative estimate of drug-likeness (QED) is 0.901. The van der Waals surface area contributed by atoms with E-state index in [0.29, 0.717) is 6.54 Å². The minimum absolute atomic E-state index is 0.240. The molecule has 2 rings (SSSR count). The number of ether oxygens (including phenoxy) is 1. The van der Waals surface area contributed by atoms with E-state index in [-0.39, 0.29) is 11.6 Å². The van der Waals surface area contributed by atoms with E-state index in [4.69, 9.17) is 4.74 Å². The summed E-state index contributed by atoms with van der Waals surface area (Å²) in [7, 11) is 3.37. The Morgan fingerprint density at radius 3 is 2.79 bits per heavy atom. The van der Waals surface area contributed by atoms with E-state index in [0.717, 1.165) is 23.5 Å². The van der Waals surface area contributed by atoms with Crippen molar-refractivity contribution < 1.29 is 9.13 Å². The summed E-state index contributed by atoms with van der Waals surface area (Å²) in [5.74, 6) is -0.119. The van der Waals surface area contributed by atoms with E-state index in [1.54, 1.807) is 12.1 Å². The van der Waals surface area contributed by atoms with Crippen LogP contribution in [0.2, 0.25) is 0 Å². The Balaban J connectivity index is 2.07. The van der Waals surface area contributed by atoms with Crippen LogP contribution in [0.1, 0.15) is 18.3 Å². The van der Waals surface area contributed by atoms with Crippen LogP contribution in [0.4, 0.5) is 10.1 Å². The SMILES string of the molecule is CCc1cc(CNc2ccc(F)c(OC)c2)n(C)n1. The lowest BCUT2D eigenvalue weighted by molar-refractivity contribution is 0.387. The van der Waals surface area contributed by atoms with Gasteiger partial charge in [0.25, 0.3) is 0 Å². The molecule has 1 heterocycles. The van der Waals surface area contributed by atoms with Crippen molar-refractivity contribution in [1.29, 1.82) is 0 Å². The average molecular weight is 263 g/mol. The molecule has 0 saturated heterocycles. The molecule has 0 fully saturated rings. The van der Waals surface area contributed by atoms with Crippen LogP contribution in [-0.4, -0.2) is 16.9 Å². The number of aryl methyl sites for hydroxylation is 2. The smallest absolute Gasteiger partial charge is 0.165 e. The van der Waals surface area contributed by atoms with Crippen LogP contribution in [-0.2, 0) is 20.0 Å². The third-order valence-electron chi connectivity index (χ3n) is 3.01. The average Bonchev–Trinajstić information content (AvgIpc) is 2.78. The zero-order chi connectivity index (χ0) is 13.8. The summed E-state index contributed by atoms with van der Waals surface area (Å²) in [6.07, 6.45) is 0.915. The molecule has 0 aliphatic rings. The molecular weight excluding hydrogens is 245 g/mol. The second kappa shape index (κ2) is 5.73. The summed E-state index contributed by atoms with van der Waals surface area (Å²) in [4.78, 5) is 0. The first kappa shape index (κ1) is 13.4. The van der Waals surface area contributed by atoms with Crippen molar-refractivity contribution in [2.45, 2.75) is 19.9 Å². The van der Waals surface area contributed by atoms with Gasteiger partial charge >= 0.3 is 0 Å². The number of anilines is 1. The van der Waals surface area contributed by atoms with Crippen molar-refractivity contribution in [2.24, 2.45) is 7.05 Å². The van der Waals surface area contributed by atoms with Crippen molar-refractivity contribution in [1.82, 2.24) is 9.78 Å². The van der Waals surface area contributed by atoms with Gasteiger partial charge in [-0.15, -0.1) is 0 Å². The predicted octanol–water partition coefficient (Wildman–Crippen LogP) is 2.74. The molecule has 0 radical (unpaired) electrons. The van der Waals surface area contributed by atoms with Gasteiger partial charge in [0.2, 0.25) is 0 Å². The van der Waals surface area contributed by atoms with E-state index >= 15 is 0 Å². The van der Waals surface area contributed by atoms with Gasteiger partial charge < -0.3 is 10.1 Å². The van der Waals surface area contributed by atoms with Gasteiger partial charge in [-0.2, -0.15) is 5.10 Å². The van der Waals surface area contributed by atoms with Crippen LogP contribution in [0, 0.1) is 5.82 Å². The Bertz CT molecular complexity index is 566. The van der Waals surface area contributed by atoms with Gasteiger partial charge in [-0.05, 0) is 24.6 Å². The molecule has 102 valence electrons. The highest BCUT2D eigenvalue weighted by Crippen LogP contribution is 2.21. The highest BCUT2D eigenvalue weighted by atomic mass is 19.1. The van der Waals surface area contributed by atoms with Gasteiger partial charge in [0.1, 0.15) is 0 Å². The summed E-state index contributed by atoms with van der Waals surface area (Å²) in [6.45, 7) is 2.71. The van der Waals surface area contributed by atoms with E-state index in [1.165, 1.54) is 13.2 Å². The third kappa shape index (κ3) is 3.05. The predicted molar refractivity (Wildman–Crippen MR) is 72.9 cm³/mol. The van der Waals surface area contributed by atoms with Crippen molar-refractivity contribution in [2.75, 3.05) is 12.4 Å². The minimum Gasteiger partial charge on any atom is -0.494 e. The molecule has 19 heavy (non-hydrogen) atoms. The van der Waals surface area contributed by atoms with E-state index < -0.39 is 0 Å². The zero-order valence-corrected chi connectivity index (χ0v) is 11.4. The zero-order valence-electron chi connectivity index (χ0n) is 11.4. The van der Waals surface area contributed by atoms with Crippen molar-refractivity contribution in [3.8, 4) is 5.75 Å². The van der Waals surface area contributed by atoms with Gasteiger partial charge in [0.05, 0.1) is 25.0 Å². The fourth-order valence-corrected chi connectivity index (χ4v) is 1.87. The van der Waals surface area contributed by atoms with Crippen LogP contribution in [0.25, 0.3) is 0 Å². The first-order valence-electron chi connectivity index (χ1n) is 6.23. The Morgan fingerprint density at radius 2 is 2.16 bits per heavy atom. The summed E-state index contributed by atoms with van der Waals surface area (Å²) in [5.41, 5.74) is 2.97. The molecule has 2 aromatic rings. The summed E-state index contributed by atoms with van der Waals surface area (Å²) in [6, 6.07) is 6.79. The first-order chi connectivity index (χ1) is 9.13. The van der Waals surface area contributed by atoms with Crippen LogP contribution in [0.3, 0.4) is 0 Å². The Kier molecular flexibility index (Phi) is 4.04. The second-order valence-electron chi connectivity index (χ2n) is 4.31. The number of halogens is 1. The topological polar surface area (TPSA) is 39.1 Å². The maximum atomic E-state index is 13.3. The number of methoxy groups -OCH3 is 1. The molecular formula is C14H18FN3O. The largest absolute Gasteiger partial charge is 0.494 e. The summed E-state index contributed by atoms with van der Waals surface area (Å²) < 4.78 is 20.1. The number of rotatable bonds is 5. The molecule has 5 heteroatoms. The normalized spacial score (nSPS) is 10.5. The molecule has 0 aliphatic heterocycles. The molecule has 4 nitrogen and oxygen atoms in total. The summed E-state index contributed by atoms with van der Waals surface area (Å²) in [5, 5.41) is 7.61. The van der Waals surface area contributed by atoms with Crippen molar-refractivity contribution >= 4 is 5.69 Å². The molecule has 0 bridgehead atoms. The number of hydrogen-bond donors (Lipinski definition) is 1. The lowest BCUT2D eigenvalue weighted by atomic mass is 10.2. The Hall–Kier alpha value is -2.04. The van der Waals surface area contributed by atoms with Gasteiger partial charge in [0.15, 0.2) is 11.6 Å². The maximum absolute atomic E-state index is 13.3.